The number of fused-ring (bicyclic) bond motifs is 8. The van der Waals surface area contributed by atoms with Gasteiger partial charge >= 0.3 is 0 Å². The van der Waals surface area contributed by atoms with Gasteiger partial charge in [-0.25, -0.2) is 0 Å². The molecule has 1 aliphatic rings. The Balaban J connectivity index is 1.05. The summed E-state index contributed by atoms with van der Waals surface area (Å²) in [6.07, 6.45) is 0. The minimum Gasteiger partial charge on any atom is -0.456 e. The van der Waals surface area contributed by atoms with Crippen LogP contribution in [0.1, 0.15) is 22.3 Å². The van der Waals surface area contributed by atoms with Crippen molar-refractivity contribution in [2.75, 3.05) is 4.90 Å². The molecule has 0 amide bonds. The molecular formula is C57H37NOS. The molecule has 2 nitrogen and oxygen atoms in total. The molecule has 0 aliphatic heterocycles. The Morgan fingerprint density at radius 2 is 0.950 bits per heavy atom. The highest BCUT2D eigenvalue weighted by atomic mass is 32.1. The Bertz CT molecular complexity index is 3320. The van der Waals surface area contributed by atoms with Crippen molar-refractivity contribution in [2.24, 2.45) is 0 Å². The summed E-state index contributed by atoms with van der Waals surface area (Å²) >= 11 is 1.85. The molecule has 0 N–H and O–H groups in total. The highest BCUT2D eigenvalue weighted by molar-refractivity contribution is 7.25. The second-order valence-electron chi connectivity index (χ2n) is 15.6. The molecule has 0 fully saturated rings. The van der Waals surface area contributed by atoms with Gasteiger partial charge in [-0.05, 0) is 99.6 Å². The summed E-state index contributed by atoms with van der Waals surface area (Å²) in [4.78, 5) is 2.40. The number of hydrogen-bond acceptors (Lipinski definition) is 3. The number of rotatable bonds is 7. The van der Waals surface area contributed by atoms with Crippen LogP contribution in [-0.2, 0) is 5.41 Å². The molecule has 9 aromatic carbocycles. The predicted molar refractivity (Wildman–Crippen MR) is 252 cm³/mol. The number of furan rings is 1. The summed E-state index contributed by atoms with van der Waals surface area (Å²) < 4.78 is 9.41. The summed E-state index contributed by atoms with van der Waals surface area (Å²) in [6, 6.07) is 81.6. The predicted octanol–water partition coefficient (Wildman–Crippen LogP) is 16.0. The van der Waals surface area contributed by atoms with Gasteiger partial charge in [0.1, 0.15) is 11.3 Å². The van der Waals surface area contributed by atoms with Crippen molar-refractivity contribution in [3.63, 3.8) is 0 Å². The van der Waals surface area contributed by atoms with E-state index in [-0.39, 0.29) is 0 Å². The second-order valence-corrected chi connectivity index (χ2v) is 16.7. The number of hydrogen-bond donors (Lipinski definition) is 0. The first-order valence-electron chi connectivity index (χ1n) is 20.5. The van der Waals surface area contributed by atoms with Crippen LogP contribution in [0, 0.1) is 0 Å². The number of benzene rings is 9. The van der Waals surface area contributed by atoms with Crippen LogP contribution in [0.3, 0.4) is 0 Å². The van der Waals surface area contributed by atoms with Crippen molar-refractivity contribution in [3.05, 3.63) is 247 Å². The van der Waals surface area contributed by atoms with Crippen LogP contribution in [0.15, 0.2) is 229 Å². The smallest absolute Gasteiger partial charge is 0.140 e. The van der Waals surface area contributed by atoms with Crippen molar-refractivity contribution < 1.29 is 4.42 Å². The van der Waals surface area contributed by atoms with Gasteiger partial charge in [-0.3, -0.25) is 0 Å². The molecular weight excluding hydrogens is 747 g/mol. The van der Waals surface area contributed by atoms with E-state index in [0.29, 0.717) is 0 Å². The van der Waals surface area contributed by atoms with Gasteiger partial charge in [0, 0.05) is 53.7 Å². The average Bonchev–Trinajstić information content (AvgIpc) is 3.98. The SMILES string of the molecule is c1ccc(-c2ccc(N(c3cccc(-c4ccc5c(c4)C(c4ccccc4)(c4ccccc4)c4c-5oc5ccccc45)c3)c3ccc4sc5ccccc5c4c3)cc2)cc1. The average molecular weight is 784 g/mol. The molecule has 282 valence electrons. The largest absolute Gasteiger partial charge is 0.456 e. The molecule has 3 heteroatoms. The third-order valence-corrected chi connectivity index (χ3v) is 13.5. The summed E-state index contributed by atoms with van der Waals surface area (Å²) in [6.45, 7) is 0. The zero-order valence-corrected chi connectivity index (χ0v) is 33.4. The van der Waals surface area contributed by atoms with Gasteiger partial charge < -0.3 is 9.32 Å². The second kappa shape index (κ2) is 13.8. The molecule has 0 bridgehead atoms. The molecule has 11 aromatic rings. The lowest BCUT2D eigenvalue weighted by atomic mass is 9.67. The van der Waals surface area contributed by atoms with Crippen LogP contribution < -0.4 is 4.90 Å². The first kappa shape index (κ1) is 34.6. The summed E-state index contributed by atoms with van der Waals surface area (Å²) in [5, 5.41) is 3.71. The highest BCUT2D eigenvalue weighted by Crippen LogP contribution is 2.59. The van der Waals surface area contributed by atoms with E-state index >= 15 is 0 Å². The lowest BCUT2D eigenvalue weighted by Crippen LogP contribution is -2.28. The van der Waals surface area contributed by atoms with E-state index in [2.05, 4.69) is 229 Å². The van der Waals surface area contributed by atoms with Gasteiger partial charge in [-0.1, -0.05) is 164 Å². The normalized spacial score (nSPS) is 12.8. The van der Waals surface area contributed by atoms with E-state index in [1.54, 1.807) is 0 Å². The Labute approximate surface area is 352 Å². The van der Waals surface area contributed by atoms with Crippen molar-refractivity contribution >= 4 is 59.5 Å². The maximum Gasteiger partial charge on any atom is 0.140 e. The van der Waals surface area contributed by atoms with Crippen molar-refractivity contribution in [1.29, 1.82) is 0 Å². The minimum absolute atomic E-state index is 0.585. The number of thiophene rings is 1. The van der Waals surface area contributed by atoms with Gasteiger partial charge in [0.15, 0.2) is 0 Å². The maximum absolute atomic E-state index is 6.81. The molecule has 2 aromatic heterocycles. The maximum atomic E-state index is 6.81. The van der Waals surface area contributed by atoms with Gasteiger partial charge in [0.2, 0.25) is 0 Å². The number of nitrogens with zero attached hydrogens (tertiary/aromatic N) is 1. The topological polar surface area (TPSA) is 16.4 Å². The first-order chi connectivity index (χ1) is 29.7. The van der Waals surface area contributed by atoms with E-state index in [0.717, 1.165) is 50.5 Å². The van der Waals surface area contributed by atoms with E-state index in [1.807, 2.05) is 11.3 Å². The van der Waals surface area contributed by atoms with E-state index in [9.17, 15) is 0 Å². The molecule has 1 aliphatic carbocycles. The molecule has 2 heterocycles. The molecule has 0 saturated carbocycles. The fraction of sp³-hybridized carbons (Fsp3) is 0.0175. The third-order valence-electron chi connectivity index (χ3n) is 12.3. The summed E-state index contributed by atoms with van der Waals surface area (Å²) in [5.41, 5.74) is 14.3. The van der Waals surface area contributed by atoms with Crippen LogP contribution in [0.5, 0.6) is 0 Å². The van der Waals surface area contributed by atoms with Gasteiger partial charge in [-0.2, -0.15) is 0 Å². The minimum atomic E-state index is -0.585. The van der Waals surface area contributed by atoms with Crippen molar-refractivity contribution in [3.8, 4) is 33.6 Å². The van der Waals surface area contributed by atoms with Crippen LogP contribution in [0.25, 0.3) is 64.7 Å². The fourth-order valence-electron chi connectivity index (χ4n) is 9.68. The Hall–Kier alpha value is -7.46. The molecule has 0 radical (unpaired) electrons. The molecule has 0 atom stereocenters. The van der Waals surface area contributed by atoms with Crippen LogP contribution in [0.4, 0.5) is 17.1 Å². The quantitative estimate of drug-likeness (QED) is 0.160. The zero-order valence-electron chi connectivity index (χ0n) is 32.6. The third kappa shape index (κ3) is 5.33. The van der Waals surface area contributed by atoms with E-state index in [4.69, 9.17) is 4.42 Å². The van der Waals surface area contributed by atoms with Crippen LogP contribution in [-0.4, -0.2) is 0 Å². The Kier molecular flexibility index (Phi) is 7.97. The molecule has 60 heavy (non-hydrogen) atoms. The first-order valence-corrected chi connectivity index (χ1v) is 21.3. The Morgan fingerprint density at radius 1 is 0.383 bits per heavy atom. The standard InChI is InChI=1S/C57H37NOS/c1-4-15-38(16-5-1)39-27-30-44(31-28-39)58(46-32-34-54-50(37-46)47-23-11-13-26-53(47)60-54)45-22-14-17-40(35-45)41-29-33-48-51(36-41)57(42-18-6-2-7-19-42,43-20-8-3-9-21-43)55-49-24-10-12-25-52(49)59-56(48)55/h1-37H. The lowest BCUT2D eigenvalue weighted by molar-refractivity contribution is 0.628. The summed E-state index contributed by atoms with van der Waals surface area (Å²) in [7, 11) is 0. The highest BCUT2D eigenvalue weighted by Gasteiger charge is 2.49. The Morgan fingerprint density at radius 3 is 1.72 bits per heavy atom. The fourth-order valence-corrected chi connectivity index (χ4v) is 10.8. The van der Waals surface area contributed by atoms with Crippen LogP contribution >= 0.6 is 11.3 Å². The summed E-state index contributed by atoms with van der Waals surface area (Å²) in [5.74, 6) is 0.945. The lowest BCUT2D eigenvalue weighted by Gasteiger charge is -2.33. The number of para-hydroxylation sites is 1. The van der Waals surface area contributed by atoms with Crippen LogP contribution in [0.2, 0.25) is 0 Å². The number of anilines is 3. The van der Waals surface area contributed by atoms with Gasteiger partial charge in [0.05, 0.1) is 5.41 Å². The van der Waals surface area contributed by atoms with E-state index < -0.39 is 5.41 Å². The monoisotopic (exact) mass is 783 g/mol. The van der Waals surface area contributed by atoms with Crippen molar-refractivity contribution in [1.82, 2.24) is 0 Å². The van der Waals surface area contributed by atoms with Crippen molar-refractivity contribution in [2.45, 2.75) is 5.41 Å². The van der Waals surface area contributed by atoms with E-state index in [1.165, 1.54) is 53.6 Å². The molecule has 12 rings (SSSR count). The zero-order chi connectivity index (χ0) is 39.6. The van der Waals surface area contributed by atoms with Gasteiger partial charge in [-0.15, -0.1) is 11.3 Å². The molecule has 0 spiro atoms. The van der Waals surface area contributed by atoms with Gasteiger partial charge in [0.25, 0.3) is 0 Å². The molecule has 0 saturated heterocycles. The molecule has 0 unspecified atom stereocenters.